The summed E-state index contributed by atoms with van der Waals surface area (Å²) in [5.74, 6) is 0.00189. The van der Waals surface area contributed by atoms with Gasteiger partial charge in [0.2, 0.25) is 0 Å². The van der Waals surface area contributed by atoms with Gasteiger partial charge in [0.15, 0.2) is 0 Å². The molecule has 0 aliphatic carbocycles. The van der Waals surface area contributed by atoms with Gasteiger partial charge < -0.3 is 4.74 Å². The summed E-state index contributed by atoms with van der Waals surface area (Å²) >= 11 is 0. The number of nitriles is 1. The van der Waals surface area contributed by atoms with E-state index in [-0.39, 0.29) is 0 Å². The van der Waals surface area contributed by atoms with E-state index in [1.54, 1.807) is 30.3 Å². The van der Waals surface area contributed by atoms with Crippen LogP contribution < -0.4 is 4.74 Å². The SMILES string of the molecule is CCC/C=C/C=C/C(=O)Oc1ccc(C#N)cc1. The molecule has 0 bridgehead atoms. The molecule has 0 aliphatic rings. The van der Waals surface area contributed by atoms with Gasteiger partial charge in [-0.2, -0.15) is 5.26 Å². The normalized spacial score (nSPS) is 10.7. The molecule has 0 spiro atoms. The summed E-state index contributed by atoms with van der Waals surface area (Å²) in [7, 11) is 0. The molecule has 0 heterocycles. The highest BCUT2D eigenvalue weighted by atomic mass is 16.5. The lowest BCUT2D eigenvalue weighted by Crippen LogP contribution is -2.03. The van der Waals surface area contributed by atoms with Crippen molar-refractivity contribution < 1.29 is 9.53 Å². The third-order valence-electron chi connectivity index (χ3n) is 2.14. The number of rotatable bonds is 5. The standard InChI is InChI=1S/C15H15NO2/c1-2-3-4-5-6-7-15(17)18-14-10-8-13(12-16)9-11-14/h4-11H,2-3H2,1H3/b5-4+,7-6+. The van der Waals surface area contributed by atoms with E-state index in [1.807, 2.05) is 18.2 Å². The van der Waals surface area contributed by atoms with Gasteiger partial charge in [-0.25, -0.2) is 4.79 Å². The van der Waals surface area contributed by atoms with Crippen LogP contribution in [0.25, 0.3) is 0 Å². The van der Waals surface area contributed by atoms with Gasteiger partial charge in [0.25, 0.3) is 0 Å². The average molecular weight is 241 g/mol. The number of hydrogen-bond donors (Lipinski definition) is 0. The summed E-state index contributed by atoms with van der Waals surface area (Å²) < 4.78 is 5.05. The molecule has 3 nitrogen and oxygen atoms in total. The Hall–Kier alpha value is -2.34. The smallest absolute Gasteiger partial charge is 0.336 e. The quantitative estimate of drug-likeness (QED) is 0.343. The predicted octanol–water partition coefficient (Wildman–Crippen LogP) is 3.38. The molecule has 0 saturated carbocycles. The van der Waals surface area contributed by atoms with Crippen LogP contribution in [0.15, 0.2) is 48.6 Å². The number of unbranched alkanes of at least 4 members (excludes halogenated alkanes) is 1. The zero-order valence-corrected chi connectivity index (χ0v) is 10.3. The average Bonchev–Trinajstić information content (AvgIpc) is 2.39. The minimum Gasteiger partial charge on any atom is -0.423 e. The molecular weight excluding hydrogens is 226 g/mol. The van der Waals surface area contributed by atoms with Crippen LogP contribution in [0, 0.1) is 11.3 Å². The second kappa shape index (κ2) is 7.86. The Bertz CT molecular complexity index is 478. The van der Waals surface area contributed by atoms with Crippen LogP contribution in [-0.2, 0) is 4.79 Å². The van der Waals surface area contributed by atoms with Crippen molar-refractivity contribution in [1.29, 1.82) is 5.26 Å². The van der Waals surface area contributed by atoms with E-state index < -0.39 is 5.97 Å². The molecule has 92 valence electrons. The Kier molecular flexibility index (Phi) is 5.99. The Balaban J connectivity index is 2.46. The third-order valence-corrected chi connectivity index (χ3v) is 2.14. The summed E-state index contributed by atoms with van der Waals surface area (Å²) in [6.07, 6.45) is 8.91. The zero-order valence-electron chi connectivity index (χ0n) is 10.3. The maximum Gasteiger partial charge on any atom is 0.336 e. The van der Waals surface area contributed by atoms with Gasteiger partial charge in [-0.1, -0.05) is 31.6 Å². The number of hydrogen-bond acceptors (Lipinski definition) is 3. The van der Waals surface area contributed by atoms with Gasteiger partial charge in [-0.15, -0.1) is 0 Å². The zero-order chi connectivity index (χ0) is 13.2. The highest BCUT2D eigenvalue weighted by Crippen LogP contribution is 2.11. The molecule has 0 N–H and O–H groups in total. The molecule has 0 atom stereocenters. The van der Waals surface area contributed by atoms with E-state index >= 15 is 0 Å². The van der Waals surface area contributed by atoms with Crippen molar-refractivity contribution in [3.05, 3.63) is 54.1 Å². The van der Waals surface area contributed by atoms with Crippen molar-refractivity contribution in [3.63, 3.8) is 0 Å². The van der Waals surface area contributed by atoms with E-state index in [4.69, 9.17) is 10.00 Å². The molecule has 0 unspecified atom stereocenters. The molecule has 0 saturated heterocycles. The number of allylic oxidation sites excluding steroid dienone is 3. The maximum absolute atomic E-state index is 11.4. The van der Waals surface area contributed by atoms with Gasteiger partial charge in [0.05, 0.1) is 11.6 Å². The molecule has 0 aromatic heterocycles. The summed E-state index contributed by atoms with van der Waals surface area (Å²) in [6, 6.07) is 8.40. The summed E-state index contributed by atoms with van der Waals surface area (Å²) in [5, 5.41) is 8.62. The highest BCUT2D eigenvalue weighted by molar-refractivity contribution is 5.84. The molecule has 1 rings (SSSR count). The van der Waals surface area contributed by atoms with E-state index in [2.05, 4.69) is 6.92 Å². The van der Waals surface area contributed by atoms with Crippen LogP contribution in [-0.4, -0.2) is 5.97 Å². The number of ether oxygens (including phenoxy) is 1. The first-order valence-electron chi connectivity index (χ1n) is 5.81. The summed E-state index contributed by atoms with van der Waals surface area (Å²) in [6.45, 7) is 2.09. The number of nitrogens with zero attached hydrogens (tertiary/aromatic N) is 1. The fourth-order valence-corrected chi connectivity index (χ4v) is 1.22. The molecular formula is C15H15NO2. The number of benzene rings is 1. The van der Waals surface area contributed by atoms with Crippen LogP contribution in [0.2, 0.25) is 0 Å². The largest absolute Gasteiger partial charge is 0.423 e. The Morgan fingerprint density at radius 3 is 2.67 bits per heavy atom. The van der Waals surface area contributed by atoms with Gasteiger partial charge in [-0.3, -0.25) is 0 Å². The van der Waals surface area contributed by atoms with Crippen molar-refractivity contribution in [3.8, 4) is 11.8 Å². The lowest BCUT2D eigenvalue weighted by atomic mass is 10.2. The molecule has 1 aromatic carbocycles. The van der Waals surface area contributed by atoms with Gasteiger partial charge in [0, 0.05) is 6.08 Å². The highest BCUT2D eigenvalue weighted by Gasteiger charge is 1.99. The first-order valence-corrected chi connectivity index (χ1v) is 5.81. The van der Waals surface area contributed by atoms with Crippen molar-refractivity contribution in [2.75, 3.05) is 0 Å². The van der Waals surface area contributed by atoms with E-state index in [9.17, 15) is 4.79 Å². The van der Waals surface area contributed by atoms with Crippen LogP contribution in [0.5, 0.6) is 5.75 Å². The van der Waals surface area contributed by atoms with Crippen molar-refractivity contribution in [2.24, 2.45) is 0 Å². The first-order chi connectivity index (χ1) is 8.76. The molecule has 18 heavy (non-hydrogen) atoms. The van der Waals surface area contributed by atoms with Crippen molar-refractivity contribution in [1.82, 2.24) is 0 Å². The topological polar surface area (TPSA) is 50.1 Å². The first kappa shape index (κ1) is 13.7. The summed E-state index contributed by atoms with van der Waals surface area (Å²) in [4.78, 5) is 11.4. The molecule has 1 aromatic rings. The Morgan fingerprint density at radius 2 is 2.06 bits per heavy atom. The number of carbonyl (C=O) groups excluding carboxylic acids is 1. The minimum absolute atomic E-state index is 0.430. The van der Waals surface area contributed by atoms with Crippen LogP contribution >= 0.6 is 0 Å². The van der Waals surface area contributed by atoms with Crippen LogP contribution in [0.1, 0.15) is 25.3 Å². The molecule has 0 fully saturated rings. The number of carbonyl (C=O) groups is 1. The van der Waals surface area contributed by atoms with E-state index in [0.717, 1.165) is 12.8 Å². The van der Waals surface area contributed by atoms with Crippen LogP contribution in [0.3, 0.4) is 0 Å². The Labute approximate surface area is 107 Å². The van der Waals surface area contributed by atoms with Gasteiger partial charge >= 0.3 is 5.97 Å². The fourth-order valence-electron chi connectivity index (χ4n) is 1.22. The van der Waals surface area contributed by atoms with E-state index in [0.29, 0.717) is 11.3 Å². The lowest BCUT2D eigenvalue weighted by Gasteiger charge is -1.99. The second-order valence-corrected chi connectivity index (χ2v) is 3.63. The maximum atomic E-state index is 11.4. The summed E-state index contributed by atoms with van der Waals surface area (Å²) in [5.41, 5.74) is 0.535. The monoisotopic (exact) mass is 241 g/mol. The molecule has 3 heteroatoms. The number of esters is 1. The molecule has 0 amide bonds. The van der Waals surface area contributed by atoms with Gasteiger partial charge in [0.1, 0.15) is 5.75 Å². The van der Waals surface area contributed by atoms with Crippen molar-refractivity contribution >= 4 is 5.97 Å². The van der Waals surface area contributed by atoms with E-state index in [1.165, 1.54) is 6.08 Å². The molecule has 0 radical (unpaired) electrons. The predicted molar refractivity (Wildman–Crippen MR) is 70.0 cm³/mol. The fraction of sp³-hybridized carbons (Fsp3) is 0.200. The van der Waals surface area contributed by atoms with Crippen LogP contribution in [0.4, 0.5) is 0 Å². The minimum atomic E-state index is -0.430. The second-order valence-electron chi connectivity index (χ2n) is 3.63. The Morgan fingerprint density at radius 1 is 1.33 bits per heavy atom. The third kappa shape index (κ3) is 5.13. The molecule has 0 aliphatic heterocycles. The van der Waals surface area contributed by atoms with Crippen molar-refractivity contribution in [2.45, 2.75) is 19.8 Å². The van der Waals surface area contributed by atoms with Gasteiger partial charge in [-0.05, 0) is 30.7 Å². The lowest BCUT2D eigenvalue weighted by molar-refractivity contribution is -0.128.